The molecule has 86 valence electrons. The van der Waals surface area contributed by atoms with Crippen molar-refractivity contribution >= 4 is 0 Å². The summed E-state index contributed by atoms with van der Waals surface area (Å²) in [5.41, 5.74) is 0.242. The molecule has 0 bridgehead atoms. The second-order valence-electron chi connectivity index (χ2n) is 4.63. The maximum Gasteiger partial charge on any atom is 0.0594 e. The summed E-state index contributed by atoms with van der Waals surface area (Å²) in [6.45, 7) is 12.8. The number of rotatable bonds is 3. The highest BCUT2D eigenvalue weighted by Gasteiger charge is 2.12. The van der Waals surface area contributed by atoms with Crippen LogP contribution in [0.25, 0.3) is 0 Å². The van der Waals surface area contributed by atoms with Gasteiger partial charge in [-0.25, -0.2) is 0 Å². The Balaban J connectivity index is 0.00000169. The minimum atomic E-state index is 0. The minimum Gasteiger partial charge on any atom is -0.379 e. The summed E-state index contributed by atoms with van der Waals surface area (Å²) in [5, 5.41) is 3.49. The van der Waals surface area contributed by atoms with E-state index in [4.69, 9.17) is 4.74 Å². The second-order valence-corrected chi connectivity index (χ2v) is 4.63. The molecule has 0 spiro atoms. The van der Waals surface area contributed by atoms with Gasteiger partial charge in [0.15, 0.2) is 0 Å². The molecule has 0 aliphatic carbocycles. The molecule has 1 aliphatic heterocycles. The fourth-order valence-electron chi connectivity index (χ4n) is 1.41. The molecule has 1 heterocycles. The zero-order valence-corrected chi connectivity index (χ0v) is 9.10. The van der Waals surface area contributed by atoms with E-state index in [1.54, 1.807) is 0 Å². The SMILES string of the molecule is C.CC(C)(C)NCCN1CCOCC1. The fourth-order valence-corrected chi connectivity index (χ4v) is 1.41. The fraction of sp³-hybridized carbons (Fsp3) is 1.00. The third kappa shape index (κ3) is 6.35. The monoisotopic (exact) mass is 202 g/mol. The standard InChI is InChI=1S/C10H22N2O.CH4/c1-10(2,3)11-4-5-12-6-8-13-9-7-12;/h11H,4-9H2,1-3H3;1H4. The van der Waals surface area contributed by atoms with Gasteiger partial charge in [-0.3, -0.25) is 4.90 Å². The van der Waals surface area contributed by atoms with E-state index in [-0.39, 0.29) is 13.0 Å². The molecule has 1 aliphatic rings. The first-order chi connectivity index (χ1) is 6.08. The molecule has 3 nitrogen and oxygen atoms in total. The van der Waals surface area contributed by atoms with Gasteiger partial charge in [-0.15, -0.1) is 0 Å². The predicted octanol–water partition coefficient (Wildman–Crippen LogP) is 1.34. The molecule has 0 aromatic rings. The summed E-state index contributed by atoms with van der Waals surface area (Å²) in [7, 11) is 0. The zero-order valence-electron chi connectivity index (χ0n) is 9.10. The molecule has 0 saturated carbocycles. The molecule has 3 heteroatoms. The highest BCUT2D eigenvalue weighted by atomic mass is 16.5. The molecule has 1 saturated heterocycles. The summed E-state index contributed by atoms with van der Waals surface area (Å²) in [6, 6.07) is 0. The van der Waals surface area contributed by atoms with Gasteiger partial charge in [-0.05, 0) is 20.8 Å². The van der Waals surface area contributed by atoms with Crippen LogP contribution < -0.4 is 5.32 Å². The van der Waals surface area contributed by atoms with Crippen molar-refractivity contribution < 1.29 is 4.74 Å². The lowest BCUT2D eigenvalue weighted by molar-refractivity contribution is 0.0378. The van der Waals surface area contributed by atoms with Gasteiger partial charge < -0.3 is 10.1 Å². The molecule has 1 rings (SSSR count). The predicted molar refractivity (Wildman–Crippen MR) is 61.7 cm³/mol. The molecular formula is C11H26N2O. The highest BCUT2D eigenvalue weighted by molar-refractivity contribution is 4.72. The summed E-state index contributed by atoms with van der Waals surface area (Å²) in [6.07, 6.45) is 0. The van der Waals surface area contributed by atoms with Gasteiger partial charge in [0.25, 0.3) is 0 Å². The molecule has 1 N–H and O–H groups in total. The lowest BCUT2D eigenvalue weighted by atomic mass is 10.1. The Hall–Kier alpha value is -0.120. The van der Waals surface area contributed by atoms with E-state index in [1.165, 1.54) is 0 Å². The summed E-state index contributed by atoms with van der Waals surface area (Å²) < 4.78 is 5.28. The molecule has 0 radical (unpaired) electrons. The average molecular weight is 202 g/mol. The van der Waals surface area contributed by atoms with Gasteiger partial charge in [-0.2, -0.15) is 0 Å². The second kappa shape index (κ2) is 6.38. The van der Waals surface area contributed by atoms with Crippen molar-refractivity contribution in [3.8, 4) is 0 Å². The molecule has 14 heavy (non-hydrogen) atoms. The summed E-state index contributed by atoms with van der Waals surface area (Å²) in [4.78, 5) is 2.45. The maximum atomic E-state index is 5.28. The van der Waals surface area contributed by atoms with Crippen LogP contribution in [0.5, 0.6) is 0 Å². The van der Waals surface area contributed by atoms with E-state index in [1.807, 2.05) is 0 Å². The van der Waals surface area contributed by atoms with Gasteiger partial charge in [0.1, 0.15) is 0 Å². The largest absolute Gasteiger partial charge is 0.379 e. The van der Waals surface area contributed by atoms with Crippen molar-refractivity contribution in [3.05, 3.63) is 0 Å². The van der Waals surface area contributed by atoms with Crippen LogP contribution in [0.3, 0.4) is 0 Å². The van der Waals surface area contributed by atoms with Crippen LogP contribution in [0, 0.1) is 0 Å². The van der Waals surface area contributed by atoms with Crippen LogP contribution in [0.4, 0.5) is 0 Å². The lowest BCUT2D eigenvalue weighted by Crippen LogP contribution is -2.44. The van der Waals surface area contributed by atoms with E-state index in [9.17, 15) is 0 Å². The van der Waals surface area contributed by atoms with Crippen molar-refractivity contribution in [2.24, 2.45) is 0 Å². The maximum absolute atomic E-state index is 5.28. The third-order valence-electron chi connectivity index (χ3n) is 2.19. The van der Waals surface area contributed by atoms with Gasteiger partial charge in [0, 0.05) is 31.7 Å². The molecule has 0 atom stereocenters. The van der Waals surface area contributed by atoms with Crippen LogP contribution in [0.1, 0.15) is 28.2 Å². The Kier molecular flexibility index (Phi) is 6.33. The summed E-state index contributed by atoms with van der Waals surface area (Å²) in [5.74, 6) is 0. The first-order valence-corrected chi connectivity index (χ1v) is 5.13. The van der Waals surface area contributed by atoms with Crippen LogP contribution >= 0.6 is 0 Å². The van der Waals surface area contributed by atoms with E-state index in [2.05, 4.69) is 31.0 Å². The number of hydrogen-bond donors (Lipinski definition) is 1. The molecule has 1 fully saturated rings. The van der Waals surface area contributed by atoms with Crippen LogP contribution in [-0.2, 0) is 4.74 Å². The Morgan fingerprint density at radius 1 is 1.21 bits per heavy atom. The smallest absolute Gasteiger partial charge is 0.0594 e. The Morgan fingerprint density at radius 3 is 2.29 bits per heavy atom. The number of ether oxygens (including phenoxy) is 1. The van der Waals surface area contributed by atoms with E-state index < -0.39 is 0 Å². The molecule has 0 aromatic carbocycles. The van der Waals surface area contributed by atoms with Crippen molar-refractivity contribution in [2.75, 3.05) is 39.4 Å². The van der Waals surface area contributed by atoms with Gasteiger partial charge in [-0.1, -0.05) is 7.43 Å². The third-order valence-corrected chi connectivity index (χ3v) is 2.19. The Morgan fingerprint density at radius 2 is 1.79 bits per heavy atom. The van der Waals surface area contributed by atoms with Gasteiger partial charge in [0.05, 0.1) is 13.2 Å². The number of nitrogens with zero attached hydrogens (tertiary/aromatic N) is 1. The van der Waals surface area contributed by atoms with Crippen molar-refractivity contribution in [3.63, 3.8) is 0 Å². The molecular weight excluding hydrogens is 176 g/mol. The van der Waals surface area contributed by atoms with E-state index in [0.717, 1.165) is 39.4 Å². The number of hydrogen-bond acceptors (Lipinski definition) is 3. The molecule has 0 amide bonds. The van der Waals surface area contributed by atoms with Crippen molar-refractivity contribution in [1.82, 2.24) is 10.2 Å². The number of morpholine rings is 1. The first-order valence-electron chi connectivity index (χ1n) is 5.13. The first kappa shape index (κ1) is 13.9. The van der Waals surface area contributed by atoms with Crippen LogP contribution in [-0.4, -0.2) is 49.8 Å². The van der Waals surface area contributed by atoms with Crippen LogP contribution in [0.2, 0.25) is 0 Å². The number of nitrogens with one attached hydrogen (secondary N) is 1. The topological polar surface area (TPSA) is 24.5 Å². The van der Waals surface area contributed by atoms with Crippen LogP contribution in [0.15, 0.2) is 0 Å². The average Bonchev–Trinajstić information content (AvgIpc) is 2.04. The van der Waals surface area contributed by atoms with E-state index >= 15 is 0 Å². The minimum absolute atomic E-state index is 0. The Bertz CT molecular complexity index is 137. The highest BCUT2D eigenvalue weighted by Crippen LogP contribution is 1.99. The van der Waals surface area contributed by atoms with Crippen molar-refractivity contribution in [1.29, 1.82) is 0 Å². The normalized spacial score (nSPS) is 19.1. The quantitative estimate of drug-likeness (QED) is 0.747. The van der Waals surface area contributed by atoms with E-state index in [0.29, 0.717) is 0 Å². The van der Waals surface area contributed by atoms with Gasteiger partial charge in [0.2, 0.25) is 0 Å². The van der Waals surface area contributed by atoms with Crippen molar-refractivity contribution in [2.45, 2.75) is 33.7 Å². The molecule has 0 unspecified atom stereocenters. The molecule has 0 aromatic heterocycles. The zero-order chi connectivity index (χ0) is 9.73. The summed E-state index contributed by atoms with van der Waals surface area (Å²) >= 11 is 0. The lowest BCUT2D eigenvalue weighted by Gasteiger charge is -2.28. The Labute approximate surface area is 88.8 Å². The van der Waals surface area contributed by atoms with Gasteiger partial charge >= 0.3 is 0 Å².